The van der Waals surface area contributed by atoms with Crippen molar-refractivity contribution in [1.29, 1.82) is 0 Å². The summed E-state index contributed by atoms with van der Waals surface area (Å²) in [5.74, 6) is 0.417. The van der Waals surface area contributed by atoms with Gasteiger partial charge in [-0.2, -0.15) is 0 Å². The second-order valence-corrected chi connectivity index (χ2v) is 0.744. The summed E-state index contributed by atoms with van der Waals surface area (Å²) >= 11 is 0. The molecule has 0 saturated carbocycles. The third-order valence-corrected chi connectivity index (χ3v) is 0. The topological polar surface area (TPSA) is 51.6 Å². The van der Waals surface area contributed by atoms with Crippen molar-refractivity contribution in [1.82, 2.24) is 0 Å². The van der Waals surface area contributed by atoms with Crippen LogP contribution in [0.5, 0.6) is 0 Å². The Bertz CT molecular complexity index is 30.6. The fraction of sp³-hybridized carbons (Fsp3) is 0.500. The van der Waals surface area contributed by atoms with E-state index in [-0.39, 0.29) is 24.0 Å². The highest BCUT2D eigenvalue weighted by molar-refractivity contribution is 5.70. The van der Waals surface area contributed by atoms with Gasteiger partial charge in [-0.15, -0.1) is 0 Å². The Kier molecular flexibility index (Phi) is 7.52. The quantitative estimate of drug-likeness (QED) is 0.222. The number of nitrogens with two attached hydrogens (primary N) is 2. The van der Waals surface area contributed by atoms with Crippen molar-refractivity contribution < 1.29 is 29.4 Å². The normalized spacial score (nSPS) is 5.00. The van der Waals surface area contributed by atoms with Crippen LogP contribution in [0.4, 0.5) is 0 Å². The van der Waals surface area contributed by atoms with Gasteiger partial charge in [-0.25, -0.2) is 0 Å². The van der Waals surface area contributed by atoms with Gasteiger partial charge < -0.3 is 24.0 Å². The Balaban J connectivity index is 0. The summed E-state index contributed by atoms with van der Waals surface area (Å²) in [6.45, 7) is 1.64. The maximum absolute atomic E-state index is 4.81. The molecule has 0 unspecified atom stereocenters. The van der Waals surface area contributed by atoms with E-state index in [1.165, 1.54) is 0 Å². The van der Waals surface area contributed by atoms with Gasteiger partial charge in [0, 0.05) is 6.92 Å². The summed E-state index contributed by atoms with van der Waals surface area (Å²) in [5, 5.41) is 4.81. The van der Waals surface area contributed by atoms with Gasteiger partial charge in [-0.05, 0) is 0 Å². The molecule has 3 heteroatoms. The van der Waals surface area contributed by atoms with Crippen molar-refractivity contribution in [2.75, 3.05) is 0 Å². The number of amidine groups is 1. The molecule has 0 radical (unpaired) electrons. The third kappa shape index (κ3) is 508. The molecular formula is C2H7IN2. The zero-order chi connectivity index (χ0) is 3.58. The van der Waals surface area contributed by atoms with Gasteiger partial charge in [-0.1, -0.05) is 0 Å². The molecule has 0 rings (SSSR count). The lowest BCUT2D eigenvalue weighted by atomic mass is 10.8. The summed E-state index contributed by atoms with van der Waals surface area (Å²) in [4.78, 5) is 0. The molecule has 4 N–H and O–H groups in total. The van der Waals surface area contributed by atoms with E-state index < -0.39 is 0 Å². The minimum atomic E-state index is 0. The Morgan fingerprint density at radius 2 is 1.80 bits per heavy atom. The molecule has 5 heavy (non-hydrogen) atoms. The SMILES string of the molecule is CC(N)=[NH2+].[I-]. The van der Waals surface area contributed by atoms with Gasteiger partial charge in [-0.3, -0.25) is 11.1 Å². The van der Waals surface area contributed by atoms with Crippen LogP contribution >= 0.6 is 0 Å². The first-order chi connectivity index (χ1) is 1.73. The summed E-state index contributed by atoms with van der Waals surface area (Å²) < 4.78 is 0. The predicted molar refractivity (Wildman–Crippen MR) is 16.8 cm³/mol. The van der Waals surface area contributed by atoms with E-state index in [1.807, 2.05) is 0 Å². The Morgan fingerprint density at radius 3 is 1.80 bits per heavy atom. The van der Waals surface area contributed by atoms with Crippen molar-refractivity contribution in [3.8, 4) is 0 Å². The standard InChI is InChI=1S/C2H6N2.HI/c1-2(3)4;/h1H3,(H3,3,4);1H. The number of hydrogen-bond acceptors (Lipinski definition) is 0. The lowest BCUT2D eigenvalue weighted by Gasteiger charge is -1.57. The molecule has 0 aliphatic rings. The smallest absolute Gasteiger partial charge is 0.235 e. The maximum atomic E-state index is 4.81. The second-order valence-electron chi connectivity index (χ2n) is 0.744. The monoisotopic (exact) mass is 186 g/mol. The average molecular weight is 186 g/mol. The van der Waals surface area contributed by atoms with Crippen LogP contribution in [0, 0.1) is 0 Å². The Labute approximate surface area is 48.3 Å². The van der Waals surface area contributed by atoms with Gasteiger partial charge in [0.1, 0.15) is 0 Å². The van der Waals surface area contributed by atoms with Gasteiger partial charge in [0.2, 0.25) is 5.84 Å². The molecule has 0 amide bonds. The minimum absolute atomic E-state index is 0. The fourth-order valence-electron chi connectivity index (χ4n) is 0. The van der Waals surface area contributed by atoms with E-state index in [9.17, 15) is 0 Å². The first-order valence-electron chi connectivity index (χ1n) is 1.08. The van der Waals surface area contributed by atoms with Crippen LogP contribution in [0.15, 0.2) is 0 Å². The summed E-state index contributed by atoms with van der Waals surface area (Å²) in [7, 11) is 0. The summed E-state index contributed by atoms with van der Waals surface area (Å²) in [6, 6.07) is 0. The highest BCUT2D eigenvalue weighted by Gasteiger charge is 1.64. The maximum Gasteiger partial charge on any atom is 0.235 e. The lowest BCUT2D eigenvalue weighted by molar-refractivity contribution is -0.115. The van der Waals surface area contributed by atoms with Gasteiger partial charge in [0.25, 0.3) is 0 Å². The summed E-state index contributed by atoms with van der Waals surface area (Å²) in [6.07, 6.45) is 0. The zero-order valence-electron chi connectivity index (χ0n) is 3.03. The van der Waals surface area contributed by atoms with Crippen molar-refractivity contribution in [3.05, 3.63) is 0 Å². The molecule has 0 fully saturated rings. The van der Waals surface area contributed by atoms with Gasteiger partial charge in [0.15, 0.2) is 0 Å². The molecule has 0 aromatic heterocycles. The molecule has 0 bridgehead atoms. The van der Waals surface area contributed by atoms with Gasteiger partial charge >= 0.3 is 0 Å². The molecular weight excluding hydrogens is 179 g/mol. The molecule has 0 aromatic rings. The van der Waals surface area contributed by atoms with Gasteiger partial charge in [0.05, 0.1) is 0 Å². The molecule has 0 atom stereocenters. The Morgan fingerprint density at radius 1 is 1.80 bits per heavy atom. The van der Waals surface area contributed by atoms with Crippen LogP contribution in [-0.2, 0) is 0 Å². The molecule has 0 saturated heterocycles. The first kappa shape index (κ1) is 8.96. The molecule has 0 aliphatic heterocycles. The zero-order valence-corrected chi connectivity index (χ0v) is 5.19. The van der Waals surface area contributed by atoms with E-state index in [4.69, 9.17) is 11.1 Å². The third-order valence-electron chi connectivity index (χ3n) is 0. The number of rotatable bonds is 0. The first-order valence-corrected chi connectivity index (χ1v) is 1.08. The van der Waals surface area contributed by atoms with E-state index in [0.29, 0.717) is 5.84 Å². The average Bonchev–Trinajstić information content (AvgIpc) is 0.811. The van der Waals surface area contributed by atoms with Crippen LogP contribution < -0.4 is 35.1 Å². The number of halogens is 1. The largest absolute Gasteiger partial charge is 1.00 e. The van der Waals surface area contributed by atoms with Crippen LogP contribution in [0.3, 0.4) is 0 Å². The van der Waals surface area contributed by atoms with Crippen molar-refractivity contribution in [2.45, 2.75) is 6.92 Å². The Hall–Kier alpha value is 0.200. The van der Waals surface area contributed by atoms with E-state index >= 15 is 0 Å². The second kappa shape index (κ2) is 4.20. The molecule has 0 heterocycles. The molecule has 0 aliphatic carbocycles. The van der Waals surface area contributed by atoms with Crippen LogP contribution in [-0.4, -0.2) is 5.84 Å². The lowest BCUT2D eigenvalue weighted by Crippen LogP contribution is -3.00. The predicted octanol–water partition coefficient (Wildman–Crippen LogP) is -4.87. The van der Waals surface area contributed by atoms with Crippen LogP contribution in [0.2, 0.25) is 0 Å². The highest BCUT2D eigenvalue weighted by atomic mass is 127. The van der Waals surface area contributed by atoms with E-state index in [2.05, 4.69) is 0 Å². The molecule has 0 spiro atoms. The van der Waals surface area contributed by atoms with E-state index in [0.717, 1.165) is 0 Å². The van der Waals surface area contributed by atoms with Crippen LogP contribution in [0.25, 0.3) is 0 Å². The molecule has 0 aromatic carbocycles. The van der Waals surface area contributed by atoms with Crippen molar-refractivity contribution >= 4 is 5.84 Å². The molecule has 2 nitrogen and oxygen atoms in total. The molecule has 32 valence electrons. The number of hydrogen-bond donors (Lipinski definition) is 2. The minimum Gasteiger partial charge on any atom is -1.00 e. The highest BCUT2D eigenvalue weighted by Crippen LogP contribution is 1.24. The van der Waals surface area contributed by atoms with E-state index in [1.54, 1.807) is 6.92 Å². The summed E-state index contributed by atoms with van der Waals surface area (Å²) in [5.41, 5.74) is 4.81. The fourth-order valence-corrected chi connectivity index (χ4v) is 0. The van der Waals surface area contributed by atoms with Crippen molar-refractivity contribution in [2.24, 2.45) is 5.73 Å². The van der Waals surface area contributed by atoms with Crippen LogP contribution in [0.1, 0.15) is 6.92 Å². The van der Waals surface area contributed by atoms with Crippen molar-refractivity contribution in [3.63, 3.8) is 0 Å².